The fraction of sp³-hybridized carbons (Fsp3) is 0.436. The number of ether oxygens (including phenoxy) is 1. The van der Waals surface area contributed by atoms with E-state index in [1.165, 1.54) is 15.8 Å². The summed E-state index contributed by atoms with van der Waals surface area (Å²) in [5, 5.41) is 19.1. The second-order valence-electron chi connectivity index (χ2n) is 15.0. The van der Waals surface area contributed by atoms with Crippen LogP contribution in [-0.2, 0) is 25.3 Å². The van der Waals surface area contributed by atoms with Gasteiger partial charge >= 0.3 is 12.0 Å². The van der Waals surface area contributed by atoms with Gasteiger partial charge in [-0.15, -0.1) is 5.10 Å². The van der Waals surface area contributed by atoms with Crippen molar-refractivity contribution < 1.29 is 22.7 Å². The number of urea groups is 1. The smallest absolute Gasteiger partial charge is 0.343 e. The molecular weight excluding hydrogens is 721 g/mol. The average Bonchev–Trinajstić information content (AvgIpc) is 3.83. The Morgan fingerprint density at radius 3 is 2.51 bits per heavy atom. The number of nitrogens with one attached hydrogen (secondary N) is 2. The lowest BCUT2D eigenvalue weighted by Gasteiger charge is -2.45. The zero-order valence-electron chi connectivity index (χ0n) is 32.1. The first kappa shape index (κ1) is 37.8. The summed E-state index contributed by atoms with van der Waals surface area (Å²) >= 11 is 0. The molecule has 4 heterocycles. The Morgan fingerprint density at radius 2 is 1.85 bits per heavy atom. The summed E-state index contributed by atoms with van der Waals surface area (Å²) in [5.41, 5.74) is 3.35. The predicted octanol–water partition coefficient (Wildman–Crippen LogP) is 5.25. The molecule has 55 heavy (non-hydrogen) atoms. The molecule has 2 N–H and O–H groups in total. The minimum absolute atomic E-state index is 0.0722. The van der Waals surface area contributed by atoms with Crippen LogP contribution in [-0.4, -0.2) is 76.7 Å². The second kappa shape index (κ2) is 14.3. The van der Waals surface area contributed by atoms with E-state index in [-0.39, 0.29) is 41.3 Å². The first-order chi connectivity index (χ1) is 26.2. The minimum Gasteiger partial charge on any atom is -0.458 e. The molecule has 2 aliphatic heterocycles. The molecule has 1 spiro atoms. The third kappa shape index (κ3) is 6.44. The number of sulfonamides is 1. The Labute approximate surface area is 321 Å². The van der Waals surface area contributed by atoms with Gasteiger partial charge in [-0.3, -0.25) is 9.88 Å². The number of hydrogen-bond acceptors (Lipinski definition) is 10. The second-order valence-corrected chi connectivity index (χ2v) is 16.8. The maximum absolute atomic E-state index is 14.7. The van der Waals surface area contributed by atoms with E-state index in [4.69, 9.17) is 14.8 Å². The molecule has 16 heteroatoms. The van der Waals surface area contributed by atoms with E-state index in [1.54, 1.807) is 16.8 Å². The van der Waals surface area contributed by atoms with E-state index in [0.717, 1.165) is 35.9 Å². The number of fused-ring (bicyclic) bond motifs is 4. The number of aromatic nitrogens is 5. The Hall–Kier alpha value is -5.53. The van der Waals surface area contributed by atoms with Gasteiger partial charge in [0.2, 0.25) is 16.0 Å². The van der Waals surface area contributed by atoms with Gasteiger partial charge in [-0.25, -0.2) is 37.6 Å². The van der Waals surface area contributed by atoms with Gasteiger partial charge in [0.1, 0.15) is 23.3 Å². The summed E-state index contributed by atoms with van der Waals surface area (Å²) in [5.74, 6) is -1.39. The monoisotopic (exact) mass is 766 g/mol. The molecule has 2 amide bonds. The molecule has 0 radical (unpaired) electrons. The third-order valence-electron chi connectivity index (χ3n) is 11.0. The zero-order chi connectivity index (χ0) is 39.4. The van der Waals surface area contributed by atoms with Crippen LogP contribution in [0, 0.1) is 42.9 Å². The van der Waals surface area contributed by atoms with Gasteiger partial charge in [-0.05, 0) is 80.7 Å². The van der Waals surface area contributed by atoms with Crippen LogP contribution in [0.3, 0.4) is 0 Å². The SMILES string of the molecule is CCN(CCNS(C)(=O)=O)c1ccc(N2C(=O)Nc3nccn3C23C(C#N)=C(C(=O)OC2C(C)CC(C)CC2C)c2nc(-c4ccccc4C)nn23)c(C)c1. The first-order valence-electron chi connectivity index (χ1n) is 18.5. The van der Waals surface area contributed by atoms with E-state index < -0.39 is 33.9 Å². The number of benzene rings is 2. The van der Waals surface area contributed by atoms with Crippen LogP contribution >= 0.6 is 0 Å². The molecule has 2 aromatic heterocycles. The number of imidazole rings is 1. The Balaban J connectivity index is 1.43. The Morgan fingerprint density at radius 1 is 1.13 bits per heavy atom. The highest BCUT2D eigenvalue weighted by molar-refractivity contribution is 7.88. The fourth-order valence-electron chi connectivity index (χ4n) is 8.63. The summed E-state index contributed by atoms with van der Waals surface area (Å²) in [6, 6.07) is 14.8. The summed E-state index contributed by atoms with van der Waals surface area (Å²) in [7, 11) is -3.37. The van der Waals surface area contributed by atoms with E-state index in [1.807, 2.05) is 62.1 Å². The highest BCUT2D eigenvalue weighted by Crippen LogP contribution is 2.50. The standard InChI is InChI=1S/C39H46N10O5S/c1-8-46(17-16-42-55(7,52)53)28-13-14-31(25(4)21-28)48-38(51)44-37-41-15-18-47(37)39(48)30(22-40)32(36(50)54-33-26(5)19-23(2)20-27(33)6)35-43-34(45-49(35)39)29-12-10-9-11-24(29)3/h9-15,18,21,23,26-27,33,42H,8,16-17,19-20H2,1-7H3,(H,41,44,51). The zero-order valence-corrected chi connectivity index (χ0v) is 32.9. The van der Waals surface area contributed by atoms with Crippen molar-refractivity contribution >= 4 is 44.9 Å². The van der Waals surface area contributed by atoms with E-state index in [0.29, 0.717) is 36.1 Å². The minimum atomic E-state index is -3.37. The van der Waals surface area contributed by atoms with Crippen molar-refractivity contribution in [3.63, 3.8) is 0 Å². The third-order valence-corrected chi connectivity index (χ3v) is 11.7. The lowest BCUT2D eigenvalue weighted by atomic mass is 9.75. The van der Waals surface area contributed by atoms with Crippen molar-refractivity contribution in [2.24, 2.45) is 17.8 Å². The number of hydrogen-bond donors (Lipinski definition) is 2. The lowest BCUT2D eigenvalue weighted by molar-refractivity contribution is -0.150. The maximum Gasteiger partial charge on any atom is 0.343 e. The molecule has 1 aliphatic carbocycles. The van der Waals surface area contributed by atoms with E-state index in [9.17, 15) is 23.3 Å². The largest absolute Gasteiger partial charge is 0.458 e. The highest BCUT2D eigenvalue weighted by atomic mass is 32.2. The van der Waals surface area contributed by atoms with Gasteiger partial charge in [0.25, 0.3) is 5.79 Å². The molecule has 2 aromatic carbocycles. The van der Waals surface area contributed by atoms with E-state index in [2.05, 4.69) is 41.9 Å². The van der Waals surface area contributed by atoms with Gasteiger partial charge in [0.15, 0.2) is 11.6 Å². The van der Waals surface area contributed by atoms with Crippen LogP contribution in [0.15, 0.2) is 60.4 Å². The molecule has 0 saturated heterocycles. The number of nitriles is 1. The molecule has 1 fully saturated rings. The van der Waals surface area contributed by atoms with Crippen molar-refractivity contribution in [1.82, 2.24) is 29.0 Å². The van der Waals surface area contributed by atoms with Crippen LogP contribution in [0.4, 0.5) is 22.1 Å². The van der Waals surface area contributed by atoms with Crippen LogP contribution in [0.5, 0.6) is 0 Å². The van der Waals surface area contributed by atoms with E-state index >= 15 is 0 Å². The van der Waals surface area contributed by atoms with Gasteiger partial charge < -0.3 is 9.64 Å². The molecule has 1 saturated carbocycles. The van der Waals surface area contributed by atoms with Crippen molar-refractivity contribution in [3.8, 4) is 17.5 Å². The molecule has 288 valence electrons. The Kier molecular flexibility index (Phi) is 9.80. The number of rotatable bonds is 10. The number of amides is 2. The van der Waals surface area contributed by atoms with Gasteiger partial charge in [0, 0.05) is 43.3 Å². The average molecular weight is 767 g/mol. The number of carbonyl (C=O) groups excluding carboxylic acids is 2. The number of nitrogens with zero attached hydrogens (tertiary/aromatic N) is 8. The fourth-order valence-corrected chi connectivity index (χ4v) is 9.09. The van der Waals surface area contributed by atoms with Crippen LogP contribution in [0.25, 0.3) is 17.0 Å². The lowest BCUT2D eigenvalue weighted by Crippen LogP contribution is -2.63. The maximum atomic E-state index is 14.7. The molecular formula is C39H46N10O5S. The number of aryl methyl sites for hydroxylation is 2. The predicted molar refractivity (Wildman–Crippen MR) is 208 cm³/mol. The number of carbonyl (C=O) groups is 2. The Bertz CT molecular complexity index is 2350. The van der Waals surface area contributed by atoms with Gasteiger partial charge in [0.05, 0.1) is 11.9 Å². The van der Waals surface area contributed by atoms with Crippen molar-refractivity contribution in [2.75, 3.05) is 41.0 Å². The molecule has 15 nitrogen and oxygen atoms in total. The van der Waals surface area contributed by atoms with Crippen LogP contribution in [0.2, 0.25) is 0 Å². The molecule has 3 unspecified atom stereocenters. The van der Waals surface area contributed by atoms with Crippen molar-refractivity contribution in [3.05, 3.63) is 77.4 Å². The van der Waals surface area contributed by atoms with Crippen LogP contribution in [0.1, 0.15) is 57.5 Å². The topological polar surface area (TPSA) is 180 Å². The quantitative estimate of drug-likeness (QED) is 0.203. The molecule has 7 rings (SSSR count). The molecule has 0 bridgehead atoms. The number of esters is 1. The summed E-state index contributed by atoms with van der Waals surface area (Å²) in [6.45, 7) is 13.3. The molecule has 3 aliphatic rings. The van der Waals surface area contributed by atoms with Crippen LogP contribution < -0.4 is 19.8 Å². The summed E-state index contributed by atoms with van der Waals surface area (Å²) in [6.07, 6.45) is 5.67. The van der Waals surface area contributed by atoms with Gasteiger partial charge in [-0.1, -0.05) is 45.0 Å². The van der Waals surface area contributed by atoms with Crippen molar-refractivity contribution in [1.29, 1.82) is 5.26 Å². The highest BCUT2D eigenvalue weighted by Gasteiger charge is 2.61. The normalized spacial score (nSPS) is 23.3. The van der Waals surface area contributed by atoms with Crippen molar-refractivity contribution in [2.45, 2.75) is 66.3 Å². The molecule has 4 aromatic rings. The molecule has 3 atom stereocenters. The van der Waals surface area contributed by atoms with Gasteiger partial charge in [-0.2, -0.15) is 9.94 Å². The number of anilines is 3. The first-order valence-corrected chi connectivity index (χ1v) is 20.4. The number of likely N-dealkylation sites (N-methyl/N-ethyl adjacent to an activating group) is 1. The summed E-state index contributed by atoms with van der Waals surface area (Å²) < 4.78 is 35.5. The summed E-state index contributed by atoms with van der Waals surface area (Å²) in [4.78, 5) is 42.1.